The van der Waals surface area contributed by atoms with E-state index in [9.17, 15) is 0 Å². The van der Waals surface area contributed by atoms with Gasteiger partial charge in [0.1, 0.15) is 0 Å². The van der Waals surface area contributed by atoms with Gasteiger partial charge in [0.15, 0.2) is 0 Å². The monoisotopic (exact) mass is 302 g/mol. The van der Waals surface area contributed by atoms with Crippen molar-refractivity contribution in [3.63, 3.8) is 0 Å². The van der Waals surface area contributed by atoms with E-state index in [4.69, 9.17) is 4.74 Å². The quantitative estimate of drug-likeness (QED) is 0.860. The topological polar surface area (TPSA) is 35.0 Å². The van der Waals surface area contributed by atoms with Crippen LogP contribution in [0.3, 0.4) is 0 Å². The van der Waals surface area contributed by atoms with Crippen LogP contribution in [0.25, 0.3) is 0 Å². The van der Waals surface area contributed by atoms with Crippen LogP contribution in [-0.4, -0.2) is 28.8 Å². The van der Waals surface area contributed by atoms with E-state index < -0.39 is 0 Å². The van der Waals surface area contributed by atoms with E-state index in [1.54, 1.807) is 7.11 Å². The predicted octanol–water partition coefficient (Wildman–Crippen LogP) is 2.93. The van der Waals surface area contributed by atoms with E-state index >= 15 is 0 Å². The Kier molecular flexibility index (Phi) is 4.46. The van der Waals surface area contributed by atoms with E-state index in [-0.39, 0.29) is 0 Å². The van der Waals surface area contributed by atoms with Gasteiger partial charge in [-0.1, -0.05) is 0 Å². The highest BCUT2D eigenvalue weighted by Crippen LogP contribution is 2.27. The minimum absolute atomic E-state index is 0.558. The van der Waals surface area contributed by atoms with Gasteiger partial charge in [-0.2, -0.15) is 16.9 Å². The lowest BCUT2D eigenvalue weighted by molar-refractivity contribution is 0.386. The molecule has 1 aliphatic rings. The molecule has 0 amide bonds. The molecule has 0 N–H and O–H groups in total. The molecular weight excluding hydrogens is 288 g/mol. The molecule has 88 valence electrons. The number of halogens is 1. The Hall–Kier alpha value is -0.290. The van der Waals surface area contributed by atoms with E-state index in [0.717, 1.165) is 22.5 Å². The minimum Gasteiger partial charge on any atom is -0.479 e. The number of ether oxygens (including phenoxy) is 1. The van der Waals surface area contributed by atoms with Gasteiger partial charge in [-0.3, -0.25) is 0 Å². The first-order chi connectivity index (χ1) is 7.79. The van der Waals surface area contributed by atoms with Crippen LogP contribution in [0.1, 0.15) is 18.5 Å². The molecule has 0 aliphatic carbocycles. The number of methoxy groups -OCH3 is 1. The summed E-state index contributed by atoms with van der Waals surface area (Å²) in [6.45, 7) is 0. The lowest BCUT2D eigenvalue weighted by atomic mass is 9.97. The van der Waals surface area contributed by atoms with Crippen LogP contribution in [0.15, 0.2) is 10.5 Å². The third-order valence-corrected chi connectivity index (χ3v) is 4.42. The first-order valence-electron chi connectivity index (χ1n) is 5.43. The zero-order chi connectivity index (χ0) is 11.4. The zero-order valence-electron chi connectivity index (χ0n) is 9.28. The largest absolute Gasteiger partial charge is 0.479 e. The second kappa shape index (κ2) is 5.87. The maximum atomic E-state index is 5.07. The smallest absolute Gasteiger partial charge is 0.247 e. The molecule has 1 aromatic rings. The third-order valence-electron chi connectivity index (χ3n) is 2.80. The lowest BCUT2D eigenvalue weighted by Gasteiger charge is -2.20. The molecule has 1 aromatic heterocycles. The van der Waals surface area contributed by atoms with Crippen molar-refractivity contribution in [2.24, 2.45) is 5.92 Å². The summed E-state index contributed by atoms with van der Waals surface area (Å²) in [5.74, 6) is 3.91. The molecule has 1 saturated heterocycles. The normalized spacial score (nSPS) is 17.4. The Bertz CT molecular complexity index is 356. The number of hydrogen-bond donors (Lipinski definition) is 0. The van der Waals surface area contributed by atoms with Gasteiger partial charge < -0.3 is 4.74 Å². The van der Waals surface area contributed by atoms with Gasteiger partial charge in [-0.25, -0.2) is 0 Å². The lowest BCUT2D eigenvalue weighted by Crippen LogP contribution is -2.13. The number of rotatable bonds is 3. The predicted molar refractivity (Wildman–Crippen MR) is 70.0 cm³/mol. The molecule has 16 heavy (non-hydrogen) atoms. The summed E-state index contributed by atoms with van der Waals surface area (Å²) in [7, 11) is 1.60. The van der Waals surface area contributed by atoms with Crippen LogP contribution in [0, 0.1) is 5.92 Å². The van der Waals surface area contributed by atoms with Gasteiger partial charge in [0, 0.05) is 0 Å². The highest BCUT2D eigenvalue weighted by molar-refractivity contribution is 9.10. The van der Waals surface area contributed by atoms with E-state index in [0.29, 0.717) is 5.88 Å². The summed E-state index contributed by atoms with van der Waals surface area (Å²) in [5.41, 5.74) is 1.06. The van der Waals surface area contributed by atoms with Crippen LogP contribution in [-0.2, 0) is 6.42 Å². The second-order valence-electron chi connectivity index (χ2n) is 3.95. The molecule has 1 aliphatic heterocycles. The molecule has 0 unspecified atom stereocenters. The molecule has 0 bridgehead atoms. The molecule has 3 nitrogen and oxygen atoms in total. The highest BCUT2D eigenvalue weighted by Gasteiger charge is 2.16. The van der Waals surface area contributed by atoms with Crippen LogP contribution < -0.4 is 4.74 Å². The Balaban J connectivity index is 2.01. The summed E-state index contributed by atoms with van der Waals surface area (Å²) in [5, 5.41) is 8.23. The number of aromatic nitrogens is 2. The SMILES string of the molecule is COc1nnc(CC2CCSCC2)cc1Br. The molecular formula is C11H15BrN2OS. The fourth-order valence-electron chi connectivity index (χ4n) is 1.88. The number of hydrogen-bond acceptors (Lipinski definition) is 4. The molecule has 0 spiro atoms. The van der Waals surface area contributed by atoms with E-state index in [1.165, 1.54) is 24.3 Å². The average molecular weight is 303 g/mol. The molecule has 0 radical (unpaired) electrons. The van der Waals surface area contributed by atoms with Gasteiger partial charge >= 0.3 is 0 Å². The molecule has 2 heterocycles. The maximum Gasteiger partial charge on any atom is 0.247 e. The zero-order valence-corrected chi connectivity index (χ0v) is 11.7. The standard InChI is InChI=1S/C11H15BrN2OS/c1-15-11-10(12)7-9(13-14-11)6-8-2-4-16-5-3-8/h7-8H,2-6H2,1H3. The molecule has 1 fully saturated rings. The Morgan fingerprint density at radius 3 is 2.81 bits per heavy atom. The molecule has 0 atom stereocenters. The van der Waals surface area contributed by atoms with E-state index in [1.807, 2.05) is 6.07 Å². The van der Waals surface area contributed by atoms with Crippen LogP contribution in [0.4, 0.5) is 0 Å². The Morgan fingerprint density at radius 2 is 2.19 bits per heavy atom. The van der Waals surface area contributed by atoms with Gasteiger partial charge in [0.2, 0.25) is 5.88 Å². The van der Waals surface area contributed by atoms with Crippen molar-refractivity contribution >= 4 is 27.7 Å². The Labute approximate surface area is 108 Å². The molecule has 0 saturated carbocycles. The van der Waals surface area contributed by atoms with Crippen molar-refractivity contribution in [3.8, 4) is 5.88 Å². The summed E-state index contributed by atoms with van der Waals surface area (Å²) in [6.07, 6.45) is 3.64. The van der Waals surface area contributed by atoms with Crippen LogP contribution >= 0.6 is 27.7 Å². The van der Waals surface area contributed by atoms with Crippen molar-refractivity contribution in [1.82, 2.24) is 10.2 Å². The summed E-state index contributed by atoms with van der Waals surface area (Å²) >= 11 is 5.49. The first kappa shape index (κ1) is 12.2. The van der Waals surface area contributed by atoms with Gasteiger partial charge in [-0.15, -0.1) is 5.10 Å². The van der Waals surface area contributed by atoms with Gasteiger partial charge in [-0.05, 0) is 58.7 Å². The van der Waals surface area contributed by atoms with Crippen LogP contribution in [0.2, 0.25) is 0 Å². The first-order valence-corrected chi connectivity index (χ1v) is 7.38. The molecule has 0 aromatic carbocycles. The van der Waals surface area contributed by atoms with Crippen molar-refractivity contribution in [2.75, 3.05) is 18.6 Å². The average Bonchev–Trinajstić information content (AvgIpc) is 2.31. The fourth-order valence-corrected chi connectivity index (χ4v) is 3.59. The summed E-state index contributed by atoms with van der Waals surface area (Å²) in [4.78, 5) is 0. The van der Waals surface area contributed by atoms with Crippen molar-refractivity contribution < 1.29 is 4.74 Å². The van der Waals surface area contributed by atoms with Crippen molar-refractivity contribution in [3.05, 3.63) is 16.2 Å². The fraction of sp³-hybridized carbons (Fsp3) is 0.636. The van der Waals surface area contributed by atoms with Gasteiger partial charge in [0.05, 0.1) is 17.3 Å². The van der Waals surface area contributed by atoms with Crippen molar-refractivity contribution in [2.45, 2.75) is 19.3 Å². The van der Waals surface area contributed by atoms with Crippen molar-refractivity contribution in [1.29, 1.82) is 0 Å². The third kappa shape index (κ3) is 3.10. The highest BCUT2D eigenvalue weighted by atomic mass is 79.9. The number of thioether (sulfide) groups is 1. The molecule has 5 heteroatoms. The number of nitrogens with zero attached hydrogens (tertiary/aromatic N) is 2. The van der Waals surface area contributed by atoms with E-state index in [2.05, 4.69) is 37.9 Å². The second-order valence-corrected chi connectivity index (χ2v) is 6.03. The van der Waals surface area contributed by atoms with Crippen LogP contribution in [0.5, 0.6) is 5.88 Å². The molecule has 2 rings (SSSR count). The minimum atomic E-state index is 0.558. The Morgan fingerprint density at radius 1 is 1.44 bits per heavy atom. The maximum absolute atomic E-state index is 5.07. The summed E-state index contributed by atoms with van der Waals surface area (Å²) < 4.78 is 5.96. The summed E-state index contributed by atoms with van der Waals surface area (Å²) in [6, 6.07) is 2.02. The van der Waals surface area contributed by atoms with Gasteiger partial charge in [0.25, 0.3) is 0 Å².